The number of aryl methyl sites for hydroxylation is 1. The van der Waals surface area contributed by atoms with E-state index in [1.54, 1.807) is 22.9 Å². The second kappa shape index (κ2) is 8.66. The van der Waals surface area contributed by atoms with Crippen LogP contribution in [0.15, 0.2) is 30.5 Å². The summed E-state index contributed by atoms with van der Waals surface area (Å²) in [4.78, 5) is 28.6. The lowest BCUT2D eigenvalue weighted by atomic mass is 10.2. The second-order valence-electron chi connectivity index (χ2n) is 6.57. The van der Waals surface area contributed by atoms with Crippen molar-refractivity contribution in [2.24, 2.45) is 0 Å². The fourth-order valence-corrected chi connectivity index (χ4v) is 3.09. The first kappa shape index (κ1) is 18.9. The maximum Gasteiger partial charge on any atom is 0.242 e. The Morgan fingerprint density at radius 2 is 2.00 bits per heavy atom. The largest absolute Gasteiger partial charge is 0.497 e. The van der Waals surface area contributed by atoms with E-state index in [0.717, 1.165) is 17.7 Å². The highest BCUT2D eigenvalue weighted by atomic mass is 16.5. The molecule has 0 radical (unpaired) electrons. The third-order valence-electron chi connectivity index (χ3n) is 4.66. The molecular weight excluding hydrogens is 346 g/mol. The highest BCUT2D eigenvalue weighted by Crippen LogP contribution is 2.15. The molecule has 1 aliphatic heterocycles. The molecule has 0 spiro atoms. The van der Waals surface area contributed by atoms with Crippen LogP contribution in [0.1, 0.15) is 24.6 Å². The molecule has 2 heterocycles. The van der Waals surface area contributed by atoms with E-state index < -0.39 is 0 Å². The maximum absolute atomic E-state index is 12.6. The predicted octanol–water partition coefficient (Wildman–Crippen LogP) is 1.11. The molecule has 0 N–H and O–H groups in total. The van der Waals surface area contributed by atoms with Crippen LogP contribution >= 0.6 is 0 Å². The molecule has 0 bridgehead atoms. The van der Waals surface area contributed by atoms with E-state index in [-0.39, 0.29) is 24.8 Å². The van der Waals surface area contributed by atoms with Gasteiger partial charge in [-0.25, -0.2) is 0 Å². The summed E-state index contributed by atoms with van der Waals surface area (Å²) in [7, 11) is 1.63. The third-order valence-corrected chi connectivity index (χ3v) is 4.66. The molecule has 1 aliphatic rings. The first-order valence-electron chi connectivity index (χ1n) is 9.16. The number of carbonyl (C=O) groups excluding carboxylic acids is 2. The fraction of sp³-hybridized carbons (Fsp3) is 0.474. The number of carbonyl (C=O) groups is 2. The van der Waals surface area contributed by atoms with Gasteiger partial charge in [0.15, 0.2) is 0 Å². The molecule has 0 unspecified atom stereocenters. The van der Waals surface area contributed by atoms with Crippen LogP contribution in [-0.2, 0) is 29.1 Å². The Balaban J connectivity index is 1.58. The van der Waals surface area contributed by atoms with Crippen molar-refractivity contribution in [3.05, 3.63) is 41.7 Å². The summed E-state index contributed by atoms with van der Waals surface area (Å²) in [5, 5.41) is 7.96. The average Bonchev–Trinajstić information content (AvgIpc) is 3.05. The van der Waals surface area contributed by atoms with E-state index in [9.17, 15) is 9.59 Å². The van der Waals surface area contributed by atoms with Gasteiger partial charge in [-0.1, -0.05) is 17.3 Å². The first-order chi connectivity index (χ1) is 13.1. The van der Waals surface area contributed by atoms with Gasteiger partial charge in [0.1, 0.15) is 5.75 Å². The van der Waals surface area contributed by atoms with Crippen molar-refractivity contribution < 1.29 is 14.3 Å². The number of rotatable bonds is 6. The number of hydrogen-bond donors (Lipinski definition) is 0. The van der Waals surface area contributed by atoms with Crippen molar-refractivity contribution in [2.45, 2.75) is 32.9 Å². The van der Waals surface area contributed by atoms with Crippen molar-refractivity contribution in [3.63, 3.8) is 0 Å². The number of benzene rings is 1. The Morgan fingerprint density at radius 1 is 1.22 bits per heavy atom. The van der Waals surface area contributed by atoms with Crippen molar-refractivity contribution in [1.29, 1.82) is 0 Å². The van der Waals surface area contributed by atoms with Gasteiger partial charge in [0.25, 0.3) is 0 Å². The van der Waals surface area contributed by atoms with Crippen molar-refractivity contribution >= 4 is 11.8 Å². The number of ether oxygens (including phenoxy) is 1. The number of hydrogen-bond acceptors (Lipinski definition) is 5. The topological polar surface area (TPSA) is 80.6 Å². The van der Waals surface area contributed by atoms with E-state index in [2.05, 4.69) is 10.3 Å². The molecule has 144 valence electrons. The third kappa shape index (κ3) is 4.84. The molecule has 1 fully saturated rings. The van der Waals surface area contributed by atoms with Crippen LogP contribution in [-0.4, -0.2) is 63.4 Å². The summed E-state index contributed by atoms with van der Waals surface area (Å²) in [6.07, 6.45) is 2.70. The van der Waals surface area contributed by atoms with Crippen molar-refractivity contribution in [2.75, 3.05) is 26.7 Å². The zero-order chi connectivity index (χ0) is 19.2. The summed E-state index contributed by atoms with van der Waals surface area (Å²) in [6, 6.07) is 7.68. The molecular formula is C19H25N5O3. The smallest absolute Gasteiger partial charge is 0.242 e. The minimum atomic E-state index is -0.0854. The van der Waals surface area contributed by atoms with Crippen molar-refractivity contribution in [1.82, 2.24) is 24.8 Å². The second-order valence-corrected chi connectivity index (χ2v) is 6.57. The molecule has 8 nitrogen and oxygen atoms in total. The fourth-order valence-electron chi connectivity index (χ4n) is 3.09. The van der Waals surface area contributed by atoms with E-state index in [0.29, 0.717) is 31.9 Å². The van der Waals surface area contributed by atoms with Gasteiger partial charge in [-0.15, -0.1) is 5.10 Å². The minimum Gasteiger partial charge on any atom is -0.497 e. The Hall–Kier alpha value is -2.90. The van der Waals surface area contributed by atoms with Gasteiger partial charge in [0.2, 0.25) is 11.8 Å². The van der Waals surface area contributed by atoms with Crippen LogP contribution in [0.3, 0.4) is 0 Å². The molecule has 0 aliphatic carbocycles. The highest BCUT2D eigenvalue weighted by molar-refractivity contribution is 5.86. The van der Waals surface area contributed by atoms with Gasteiger partial charge in [-0.2, -0.15) is 0 Å². The zero-order valence-corrected chi connectivity index (χ0v) is 15.8. The lowest BCUT2D eigenvalue weighted by Gasteiger charge is -2.22. The van der Waals surface area contributed by atoms with Gasteiger partial charge < -0.3 is 14.5 Å². The summed E-state index contributed by atoms with van der Waals surface area (Å²) >= 11 is 0. The number of aromatic nitrogens is 3. The van der Waals surface area contributed by atoms with Crippen LogP contribution in [0.5, 0.6) is 5.75 Å². The summed E-state index contributed by atoms with van der Waals surface area (Å²) in [5.41, 5.74) is 1.67. The Morgan fingerprint density at radius 3 is 2.67 bits per heavy atom. The molecule has 8 heteroatoms. The van der Waals surface area contributed by atoms with Gasteiger partial charge >= 0.3 is 0 Å². The van der Waals surface area contributed by atoms with Crippen LogP contribution in [0, 0.1) is 0 Å². The van der Waals surface area contributed by atoms with Gasteiger partial charge in [0.05, 0.1) is 25.8 Å². The summed E-state index contributed by atoms with van der Waals surface area (Å²) < 4.78 is 6.85. The molecule has 1 saturated heterocycles. The van der Waals surface area contributed by atoms with Gasteiger partial charge in [-0.05, 0) is 31.0 Å². The van der Waals surface area contributed by atoms with Crippen LogP contribution in [0.4, 0.5) is 0 Å². The maximum atomic E-state index is 12.6. The minimum absolute atomic E-state index is 0.0334. The van der Waals surface area contributed by atoms with Crippen LogP contribution in [0.25, 0.3) is 0 Å². The Bertz CT molecular complexity index is 787. The molecule has 27 heavy (non-hydrogen) atoms. The predicted molar refractivity (Wildman–Crippen MR) is 99.0 cm³/mol. The number of nitrogens with zero attached hydrogens (tertiary/aromatic N) is 5. The van der Waals surface area contributed by atoms with Crippen molar-refractivity contribution in [3.8, 4) is 5.75 Å². The summed E-state index contributed by atoms with van der Waals surface area (Å²) in [6.45, 7) is 4.54. The molecule has 1 aromatic heterocycles. The molecule has 2 aromatic rings. The number of amides is 2. The Labute approximate surface area is 158 Å². The number of methoxy groups -OCH3 is 1. The quantitative estimate of drug-likeness (QED) is 0.760. The SMILES string of the molecule is CCn1cc(CC(=O)N2CCCN(Cc3ccc(OC)cc3)C(=O)C2)nn1. The van der Waals surface area contributed by atoms with E-state index in [1.165, 1.54) is 0 Å². The first-order valence-corrected chi connectivity index (χ1v) is 9.16. The monoisotopic (exact) mass is 371 g/mol. The van der Waals surface area contributed by atoms with Crippen LogP contribution in [0.2, 0.25) is 0 Å². The molecule has 2 amide bonds. The highest BCUT2D eigenvalue weighted by Gasteiger charge is 2.25. The molecule has 3 rings (SSSR count). The normalized spacial score (nSPS) is 15.0. The van der Waals surface area contributed by atoms with E-state index in [1.807, 2.05) is 36.1 Å². The lowest BCUT2D eigenvalue weighted by molar-refractivity contribution is -0.138. The van der Waals surface area contributed by atoms with Gasteiger partial charge in [-0.3, -0.25) is 14.3 Å². The van der Waals surface area contributed by atoms with Gasteiger partial charge in [0, 0.05) is 32.4 Å². The zero-order valence-electron chi connectivity index (χ0n) is 15.8. The molecule has 0 saturated carbocycles. The molecule has 0 atom stereocenters. The van der Waals surface area contributed by atoms with Crippen LogP contribution < -0.4 is 4.74 Å². The van der Waals surface area contributed by atoms with E-state index >= 15 is 0 Å². The lowest BCUT2D eigenvalue weighted by Crippen LogP contribution is -2.39. The van der Waals surface area contributed by atoms with E-state index in [4.69, 9.17) is 4.74 Å². The summed E-state index contributed by atoms with van der Waals surface area (Å²) in [5.74, 6) is 0.671. The standard InChI is InChI=1S/C19H25N5O3/c1-3-24-13-16(20-21-24)11-18(25)23-10-4-9-22(19(26)14-23)12-15-5-7-17(27-2)8-6-15/h5-8,13H,3-4,9-12,14H2,1-2H3. The molecule has 1 aromatic carbocycles. The average molecular weight is 371 g/mol. The Kier molecular flexibility index (Phi) is 6.05.